The summed E-state index contributed by atoms with van der Waals surface area (Å²) >= 11 is 6.66. The van der Waals surface area contributed by atoms with Crippen molar-refractivity contribution in [3.63, 3.8) is 0 Å². The average Bonchev–Trinajstić information content (AvgIpc) is 2.67. The van der Waals surface area contributed by atoms with Crippen LogP contribution in [0.15, 0.2) is 71.3 Å². The van der Waals surface area contributed by atoms with E-state index in [4.69, 9.17) is 22.7 Å². The molecule has 25 heavy (non-hydrogen) atoms. The lowest BCUT2D eigenvalue weighted by atomic mass is 10.0. The predicted molar refractivity (Wildman–Crippen MR) is 107 cm³/mol. The van der Waals surface area contributed by atoms with Crippen molar-refractivity contribution >= 4 is 29.2 Å². The normalized spacial score (nSPS) is 12.9. The van der Waals surface area contributed by atoms with E-state index in [2.05, 4.69) is 17.8 Å². The molecule has 0 saturated heterocycles. The molecule has 0 saturated carbocycles. The van der Waals surface area contributed by atoms with E-state index >= 15 is 0 Å². The molecular formula is C20H23ClN4. The zero-order valence-electron chi connectivity index (χ0n) is 14.2. The Morgan fingerprint density at radius 1 is 1.04 bits per heavy atom. The van der Waals surface area contributed by atoms with E-state index in [-0.39, 0.29) is 0 Å². The van der Waals surface area contributed by atoms with Gasteiger partial charge < -0.3 is 16.6 Å². The summed E-state index contributed by atoms with van der Waals surface area (Å²) in [6.45, 7) is 2.87. The Balaban J connectivity index is 2.52. The molecule has 0 aliphatic carbocycles. The van der Waals surface area contributed by atoms with E-state index in [0.717, 1.165) is 24.1 Å². The van der Waals surface area contributed by atoms with E-state index in [9.17, 15) is 0 Å². The number of allylic oxidation sites excluding steroid dienone is 2. The van der Waals surface area contributed by atoms with Crippen LogP contribution in [0.1, 0.15) is 24.5 Å². The van der Waals surface area contributed by atoms with Gasteiger partial charge in [0.2, 0.25) is 0 Å². The summed E-state index contributed by atoms with van der Waals surface area (Å²) in [5, 5.41) is 8.20. The van der Waals surface area contributed by atoms with Crippen molar-refractivity contribution in [2.45, 2.75) is 13.3 Å². The minimum atomic E-state index is 0.395. The summed E-state index contributed by atoms with van der Waals surface area (Å²) < 4.78 is 0. The van der Waals surface area contributed by atoms with Crippen LogP contribution in [0.5, 0.6) is 0 Å². The number of benzene rings is 2. The predicted octanol–water partition coefficient (Wildman–Crippen LogP) is 4.12. The topological polar surface area (TPSA) is 73.9 Å². The van der Waals surface area contributed by atoms with E-state index in [1.165, 1.54) is 6.21 Å². The van der Waals surface area contributed by atoms with Crippen LogP contribution in [0, 0.1) is 5.41 Å². The number of hydrazine groups is 1. The molecule has 0 atom stereocenters. The van der Waals surface area contributed by atoms with Crippen LogP contribution in [-0.4, -0.2) is 12.8 Å². The van der Waals surface area contributed by atoms with Gasteiger partial charge in [-0.2, -0.15) is 0 Å². The summed E-state index contributed by atoms with van der Waals surface area (Å²) in [4.78, 5) is 0. The molecule has 0 heterocycles. The maximum absolute atomic E-state index is 7.81. The lowest BCUT2D eigenvalue weighted by molar-refractivity contribution is 0.628. The van der Waals surface area contributed by atoms with Crippen LogP contribution in [0.3, 0.4) is 0 Å². The number of nitrogens with two attached hydrogens (primary N) is 1. The molecule has 0 aliphatic heterocycles. The second-order valence-corrected chi connectivity index (χ2v) is 5.82. The van der Waals surface area contributed by atoms with Crippen LogP contribution >= 0.6 is 11.6 Å². The quantitative estimate of drug-likeness (QED) is 0.249. The van der Waals surface area contributed by atoms with E-state index in [1.54, 1.807) is 0 Å². The van der Waals surface area contributed by atoms with E-state index in [0.29, 0.717) is 22.0 Å². The van der Waals surface area contributed by atoms with Gasteiger partial charge in [-0.25, -0.2) is 5.43 Å². The lowest BCUT2D eigenvalue weighted by Crippen LogP contribution is -2.31. The van der Waals surface area contributed by atoms with Gasteiger partial charge >= 0.3 is 0 Å². The smallest absolute Gasteiger partial charge is 0.0765 e. The maximum Gasteiger partial charge on any atom is 0.0765 e. The minimum absolute atomic E-state index is 0.395. The molecule has 130 valence electrons. The van der Waals surface area contributed by atoms with Gasteiger partial charge in [-0.05, 0) is 12.0 Å². The number of nitrogens with one attached hydrogen (secondary N) is 3. The molecule has 0 unspecified atom stereocenters. The maximum atomic E-state index is 7.81. The molecule has 5 heteroatoms. The largest absolute Gasteiger partial charge is 0.398 e. The Morgan fingerprint density at radius 3 is 2.12 bits per heavy atom. The van der Waals surface area contributed by atoms with Crippen molar-refractivity contribution in [3.05, 3.63) is 82.4 Å². The second-order valence-electron chi connectivity index (χ2n) is 5.44. The highest BCUT2D eigenvalue weighted by Crippen LogP contribution is 2.27. The van der Waals surface area contributed by atoms with Gasteiger partial charge in [-0.3, -0.25) is 0 Å². The highest BCUT2D eigenvalue weighted by Gasteiger charge is 2.14. The van der Waals surface area contributed by atoms with Crippen molar-refractivity contribution in [3.8, 4) is 0 Å². The van der Waals surface area contributed by atoms with Gasteiger partial charge in [0.15, 0.2) is 0 Å². The Hall–Kier alpha value is -2.56. The molecule has 0 aliphatic rings. The molecule has 0 radical (unpaired) electrons. The monoisotopic (exact) mass is 354 g/mol. The second kappa shape index (κ2) is 9.67. The molecule has 2 aromatic rings. The molecular weight excluding hydrogens is 332 g/mol. The van der Waals surface area contributed by atoms with Gasteiger partial charge in [0, 0.05) is 29.6 Å². The Morgan fingerprint density at radius 2 is 1.60 bits per heavy atom. The van der Waals surface area contributed by atoms with E-state index < -0.39 is 0 Å². The third-order valence-electron chi connectivity index (χ3n) is 3.63. The first-order valence-corrected chi connectivity index (χ1v) is 8.56. The fourth-order valence-corrected chi connectivity index (χ4v) is 2.61. The van der Waals surface area contributed by atoms with Crippen molar-refractivity contribution in [1.29, 1.82) is 5.41 Å². The van der Waals surface area contributed by atoms with Crippen LogP contribution < -0.4 is 16.6 Å². The minimum Gasteiger partial charge on any atom is -0.398 e. The molecule has 0 spiro atoms. The van der Waals surface area contributed by atoms with Crippen molar-refractivity contribution in [2.24, 2.45) is 5.73 Å². The summed E-state index contributed by atoms with van der Waals surface area (Å²) in [5.41, 5.74) is 15.9. The number of rotatable bonds is 8. The fraction of sp³-hybridized carbons (Fsp3) is 0.150. The molecule has 5 N–H and O–H groups in total. The first-order valence-electron chi connectivity index (χ1n) is 8.19. The Bertz CT molecular complexity index is 752. The third-order valence-corrected chi connectivity index (χ3v) is 4.02. The highest BCUT2D eigenvalue weighted by molar-refractivity contribution is 6.38. The van der Waals surface area contributed by atoms with Crippen molar-refractivity contribution in [2.75, 3.05) is 6.54 Å². The third kappa shape index (κ3) is 4.95. The number of hydrogen-bond acceptors (Lipinski definition) is 4. The summed E-state index contributed by atoms with van der Waals surface area (Å²) in [5.74, 6) is 0. The van der Waals surface area contributed by atoms with Gasteiger partial charge in [-0.1, -0.05) is 79.2 Å². The number of halogens is 1. The van der Waals surface area contributed by atoms with Crippen LogP contribution in [0.2, 0.25) is 0 Å². The van der Waals surface area contributed by atoms with Crippen LogP contribution in [0.25, 0.3) is 11.4 Å². The first-order chi connectivity index (χ1) is 12.2. The Labute approximate surface area is 153 Å². The van der Waals surface area contributed by atoms with Crippen LogP contribution in [0.4, 0.5) is 0 Å². The first kappa shape index (κ1) is 18.8. The molecule has 0 aromatic heterocycles. The summed E-state index contributed by atoms with van der Waals surface area (Å²) in [6, 6.07) is 19.3. The van der Waals surface area contributed by atoms with Gasteiger partial charge in [-0.15, -0.1) is 0 Å². The molecule has 2 aromatic carbocycles. The van der Waals surface area contributed by atoms with Gasteiger partial charge in [0.25, 0.3) is 0 Å². The van der Waals surface area contributed by atoms with Gasteiger partial charge in [0.05, 0.1) is 10.7 Å². The Kier molecular flexibility index (Phi) is 7.26. The molecule has 0 fully saturated rings. The number of hydrogen-bond donors (Lipinski definition) is 4. The molecule has 0 amide bonds. The van der Waals surface area contributed by atoms with Crippen molar-refractivity contribution < 1.29 is 0 Å². The highest BCUT2D eigenvalue weighted by atomic mass is 35.5. The zero-order valence-corrected chi connectivity index (χ0v) is 15.0. The SMILES string of the molecule is CCCNN/C(=C(/Cl)C(C=N)=C(N)c1ccccc1)c1ccccc1. The summed E-state index contributed by atoms with van der Waals surface area (Å²) in [7, 11) is 0. The van der Waals surface area contributed by atoms with Gasteiger partial charge in [0.1, 0.15) is 0 Å². The average molecular weight is 355 g/mol. The lowest BCUT2D eigenvalue weighted by Gasteiger charge is -2.16. The molecule has 2 rings (SSSR count). The van der Waals surface area contributed by atoms with Crippen molar-refractivity contribution in [1.82, 2.24) is 10.9 Å². The van der Waals surface area contributed by atoms with E-state index in [1.807, 2.05) is 60.7 Å². The van der Waals surface area contributed by atoms with Crippen LogP contribution in [-0.2, 0) is 0 Å². The zero-order chi connectivity index (χ0) is 18.1. The fourth-order valence-electron chi connectivity index (χ4n) is 2.30. The molecule has 4 nitrogen and oxygen atoms in total. The summed E-state index contributed by atoms with van der Waals surface area (Å²) in [6.07, 6.45) is 2.17. The standard InChI is InChI=1S/C20H23ClN4/c1-2-13-24-25-20(16-11-7-4-8-12-16)18(21)17(14-22)19(23)15-9-5-3-6-10-15/h3-12,14,22,24-25H,2,13,23H2,1H3/b19-17?,20-18+,22-14?. The molecule has 0 bridgehead atoms.